The van der Waals surface area contributed by atoms with Gasteiger partial charge in [0.25, 0.3) is 0 Å². The van der Waals surface area contributed by atoms with Gasteiger partial charge in [0, 0.05) is 37.1 Å². The molecule has 4 unspecified atom stereocenters. The number of Topliss-reactive ketones (excluding diaryl/α,β-unsaturated/α-hetero) is 1. The Kier molecular flexibility index (Phi) is 8.85. The fourth-order valence-electron chi connectivity index (χ4n) is 4.66. The topological polar surface area (TPSA) is 116 Å². The second kappa shape index (κ2) is 11.6. The minimum atomic E-state index is -1.03. The predicted octanol–water partition coefficient (Wildman–Crippen LogP) is 1.94. The largest absolute Gasteiger partial charge is 0.486 e. The third-order valence-electron chi connectivity index (χ3n) is 6.42. The van der Waals surface area contributed by atoms with Crippen molar-refractivity contribution in [2.75, 3.05) is 19.7 Å². The Labute approximate surface area is 201 Å². The van der Waals surface area contributed by atoms with E-state index in [1.54, 1.807) is 11.0 Å². The van der Waals surface area contributed by atoms with E-state index in [4.69, 9.17) is 4.74 Å². The zero-order valence-electron chi connectivity index (χ0n) is 20.2. The van der Waals surface area contributed by atoms with E-state index in [9.17, 15) is 24.6 Å². The van der Waals surface area contributed by atoms with E-state index < -0.39 is 24.2 Å². The van der Waals surface area contributed by atoms with E-state index in [0.29, 0.717) is 36.6 Å². The second-order valence-corrected chi connectivity index (χ2v) is 9.51. The van der Waals surface area contributed by atoms with Gasteiger partial charge >= 0.3 is 0 Å². The quantitative estimate of drug-likeness (QED) is 0.453. The molecule has 0 aromatic heterocycles. The number of carbonyl (C=O) groups excluding carboxylic acids is 3. The predicted molar refractivity (Wildman–Crippen MR) is 127 cm³/mol. The zero-order valence-corrected chi connectivity index (χ0v) is 20.2. The molecule has 1 aromatic rings. The lowest BCUT2D eigenvalue weighted by Gasteiger charge is -2.41. The standard InChI is InChI=1S/C26H36N2O6/c1-16(2)11-13-28(22(31)10-6-7-17(3)30)20-15-19(26(33)27-12-14-29)23-18-8-4-5-9-21(18)34-25(23)24(20)32/h4-5,8-9,15-16,20,23-25,29,32H,6-7,10-14H2,1-3H3,(H,27,33). The van der Waals surface area contributed by atoms with Gasteiger partial charge < -0.3 is 30.0 Å². The molecule has 186 valence electrons. The van der Waals surface area contributed by atoms with Gasteiger partial charge in [-0.2, -0.15) is 0 Å². The molecular formula is C26H36N2O6. The molecule has 0 spiro atoms. The number of benzene rings is 1. The third kappa shape index (κ3) is 5.85. The summed E-state index contributed by atoms with van der Waals surface area (Å²) in [7, 11) is 0. The number of nitrogens with zero attached hydrogens (tertiary/aromatic N) is 1. The number of amides is 2. The number of hydrogen-bond acceptors (Lipinski definition) is 6. The molecule has 3 rings (SSSR count). The Morgan fingerprint density at radius 3 is 2.59 bits per heavy atom. The zero-order chi connectivity index (χ0) is 24.8. The van der Waals surface area contributed by atoms with Gasteiger partial charge in [-0.15, -0.1) is 0 Å². The first-order valence-electron chi connectivity index (χ1n) is 12.1. The molecule has 0 saturated heterocycles. The fourth-order valence-corrected chi connectivity index (χ4v) is 4.66. The smallest absolute Gasteiger partial charge is 0.247 e. The highest BCUT2D eigenvalue weighted by Crippen LogP contribution is 2.47. The third-order valence-corrected chi connectivity index (χ3v) is 6.42. The van der Waals surface area contributed by atoms with Crippen molar-refractivity contribution in [3.05, 3.63) is 41.5 Å². The van der Waals surface area contributed by atoms with Gasteiger partial charge in [-0.05, 0) is 37.8 Å². The van der Waals surface area contributed by atoms with Crippen LogP contribution in [0.15, 0.2) is 35.9 Å². The van der Waals surface area contributed by atoms with Gasteiger partial charge in [0.1, 0.15) is 23.7 Å². The van der Waals surface area contributed by atoms with Crippen molar-refractivity contribution in [1.82, 2.24) is 10.2 Å². The number of hydrogen-bond donors (Lipinski definition) is 3. The van der Waals surface area contributed by atoms with Crippen molar-refractivity contribution < 1.29 is 29.3 Å². The average molecular weight is 473 g/mol. The first-order valence-corrected chi connectivity index (χ1v) is 12.1. The van der Waals surface area contributed by atoms with E-state index in [1.807, 2.05) is 24.3 Å². The molecule has 4 atom stereocenters. The number of nitrogens with one attached hydrogen (secondary N) is 1. The van der Waals surface area contributed by atoms with Gasteiger partial charge in [-0.25, -0.2) is 0 Å². The van der Waals surface area contributed by atoms with Crippen LogP contribution in [-0.2, 0) is 14.4 Å². The Hall–Kier alpha value is -2.71. The van der Waals surface area contributed by atoms with E-state index in [0.717, 1.165) is 12.0 Å². The van der Waals surface area contributed by atoms with Crippen LogP contribution in [0.5, 0.6) is 5.75 Å². The number of rotatable bonds is 11. The molecule has 8 heteroatoms. The average Bonchev–Trinajstić information content (AvgIpc) is 3.18. The van der Waals surface area contributed by atoms with Gasteiger partial charge in [0.05, 0.1) is 18.6 Å². The number of carbonyl (C=O) groups is 3. The van der Waals surface area contributed by atoms with Crippen molar-refractivity contribution in [2.24, 2.45) is 5.92 Å². The number of ether oxygens (including phenoxy) is 1. The summed E-state index contributed by atoms with van der Waals surface area (Å²) in [6.45, 7) is 5.95. The van der Waals surface area contributed by atoms with E-state index in [-0.39, 0.29) is 37.2 Å². The van der Waals surface area contributed by atoms with Crippen LogP contribution in [0, 0.1) is 5.92 Å². The van der Waals surface area contributed by atoms with Crippen LogP contribution < -0.4 is 10.1 Å². The molecule has 1 heterocycles. The number of ketones is 1. The first-order chi connectivity index (χ1) is 16.2. The lowest BCUT2D eigenvalue weighted by Crippen LogP contribution is -2.56. The number of aliphatic hydroxyl groups excluding tert-OH is 2. The van der Waals surface area contributed by atoms with Gasteiger partial charge in [0.2, 0.25) is 11.8 Å². The van der Waals surface area contributed by atoms with Crippen molar-refractivity contribution in [2.45, 2.75) is 70.6 Å². The maximum atomic E-state index is 13.2. The Morgan fingerprint density at radius 1 is 1.18 bits per heavy atom. The molecule has 1 aliphatic carbocycles. The van der Waals surface area contributed by atoms with E-state index in [2.05, 4.69) is 19.2 Å². The Morgan fingerprint density at radius 2 is 1.91 bits per heavy atom. The SMILES string of the molecule is CC(=O)CCCC(=O)N(CCC(C)C)C1C=C(C(=O)NCCO)C2c3ccccc3OC2C1O. The maximum absolute atomic E-state index is 13.2. The highest BCUT2D eigenvalue weighted by molar-refractivity contribution is 5.96. The molecule has 8 nitrogen and oxygen atoms in total. The van der Waals surface area contributed by atoms with Crippen LogP contribution >= 0.6 is 0 Å². The summed E-state index contributed by atoms with van der Waals surface area (Å²) in [5.41, 5.74) is 1.24. The molecule has 1 aromatic carbocycles. The molecule has 1 aliphatic heterocycles. The minimum absolute atomic E-state index is 0.0296. The summed E-state index contributed by atoms with van der Waals surface area (Å²) < 4.78 is 6.10. The van der Waals surface area contributed by atoms with Crippen molar-refractivity contribution in [3.63, 3.8) is 0 Å². The fraction of sp³-hybridized carbons (Fsp3) is 0.577. The molecule has 0 radical (unpaired) electrons. The van der Waals surface area contributed by atoms with Crippen LogP contribution in [0.25, 0.3) is 0 Å². The van der Waals surface area contributed by atoms with Crippen LogP contribution in [0.3, 0.4) is 0 Å². The number of para-hydroxylation sites is 1. The number of aliphatic hydroxyl groups is 2. The maximum Gasteiger partial charge on any atom is 0.247 e. The Bertz CT molecular complexity index is 928. The van der Waals surface area contributed by atoms with E-state index >= 15 is 0 Å². The summed E-state index contributed by atoms with van der Waals surface area (Å²) in [6, 6.07) is 6.64. The molecule has 3 N–H and O–H groups in total. The molecule has 2 amide bonds. The molecule has 0 bridgehead atoms. The van der Waals surface area contributed by atoms with E-state index in [1.165, 1.54) is 6.92 Å². The minimum Gasteiger partial charge on any atom is -0.486 e. The van der Waals surface area contributed by atoms with Gasteiger partial charge in [0.15, 0.2) is 0 Å². The molecular weight excluding hydrogens is 436 g/mol. The number of fused-ring (bicyclic) bond motifs is 3. The second-order valence-electron chi connectivity index (χ2n) is 9.51. The monoisotopic (exact) mass is 472 g/mol. The first kappa shape index (κ1) is 25.9. The summed E-state index contributed by atoms with van der Waals surface area (Å²) in [6.07, 6.45) is 1.63. The molecule has 34 heavy (non-hydrogen) atoms. The van der Waals surface area contributed by atoms with Gasteiger partial charge in [-0.1, -0.05) is 32.0 Å². The van der Waals surface area contributed by atoms with Gasteiger partial charge in [-0.3, -0.25) is 9.59 Å². The van der Waals surface area contributed by atoms with Crippen molar-refractivity contribution in [1.29, 1.82) is 0 Å². The Balaban J connectivity index is 1.96. The normalized spacial score (nSPS) is 22.9. The highest BCUT2D eigenvalue weighted by atomic mass is 16.5. The molecule has 0 fully saturated rings. The lowest BCUT2D eigenvalue weighted by atomic mass is 9.77. The lowest BCUT2D eigenvalue weighted by molar-refractivity contribution is -0.137. The van der Waals surface area contributed by atoms with Crippen molar-refractivity contribution in [3.8, 4) is 5.75 Å². The summed E-state index contributed by atoms with van der Waals surface area (Å²) in [4.78, 5) is 39.3. The van der Waals surface area contributed by atoms with Crippen LogP contribution in [-0.4, -0.2) is 70.7 Å². The van der Waals surface area contributed by atoms with Crippen LogP contribution in [0.2, 0.25) is 0 Å². The molecule has 2 aliphatic rings. The highest BCUT2D eigenvalue weighted by Gasteiger charge is 2.50. The van der Waals surface area contributed by atoms with Crippen LogP contribution in [0.4, 0.5) is 0 Å². The van der Waals surface area contributed by atoms with Crippen molar-refractivity contribution >= 4 is 17.6 Å². The summed E-state index contributed by atoms with van der Waals surface area (Å²) >= 11 is 0. The summed E-state index contributed by atoms with van der Waals surface area (Å²) in [5.74, 6) is -0.00734. The summed E-state index contributed by atoms with van der Waals surface area (Å²) in [5, 5.41) is 23.3. The molecule has 0 saturated carbocycles. The van der Waals surface area contributed by atoms with Crippen LogP contribution in [0.1, 0.15) is 57.9 Å².